The van der Waals surface area contributed by atoms with Crippen LogP contribution >= 0.6 is 11.3 Å². The Morgan fingerprint density at radius 2 is 2.34 bits per heavy atom. The van der Waals surface area contributed by atoms with Gasteiger partial charge < -0.3 is 15.8 Å². The van der Waals surface area contributed by atoms with Crippen LogP contribution in [0.2, 0.25) is 0 Å². The zero-order valence-corrected chi connectivity index (χ0v) is 17.8. The first-order valence-electron chi connectivity index (χ1n) is 10.7. The van der Waals surface area contributed by atoms with Crippen molar-refractivity contribution in [3.8, 4) is 0 Å². The van der Waals surface area contributed by atoms with E-state index in [1.165, 1.54) is 36.1 Å². The Bertz CT molecular complexity index is 839. The normalized spacial score (nSPS) is 22.6. The van der Waals surface area contributed by atoms with Crippen LogP contribution < -0.4 is 11.1 Å². The Morgan fingerprint density at radius 1 is 1.48 bits per heavy atom. The Balaban J connectivity index is 1.50. The zero-order valence-electron chi connectivity index (χ0n) is 17.0. The SMILES string of the molecule is CCC(CN)CCNc1ncncc1C(=O)c1cc(C2(C3CC3)CCCO2)cs1. The van der Waals surface area contributed by atoms with Gasteiger partial charge in [-0.3, -0.25) is 4.79 Å². The summed E-state index contributed by atoms with van der Waals surface area (Å²) in [5.74, 6) is 1.65. The fourth-order valence-electron chi connectivity index (χ4n) is 4.33. The predicted octanol–water partition coefficient (Wildman–Crippen LogP) is 3.97. The number of hydrogen-bond donors (Lipinski definition) is 2. The van der Waals surface area contributed by atoms with Gasteiger partial charge in [-0.25, -0.2) is 9.97 Å². The molecule has 0 radical (unpaired) electrons. The number of anilines is 1. The molecule has 0 bridgehead atoms. The molecule has 2 aliphatic rings. The Hall–Kier alpha value is -1.83. The third kappa shape index (κ3) is 4.22. The highest BCUT2D eigenvalue weighted by Gasteiger charge is 2.50. The van der Waals surface area contributed by atoms with E-state index in [0.29, 0.717) is 29.8 Å². The van der Waals surface area contributed by atoms with E-state index in [1.807, 2.05) is 6.07 Å². The van der Waals surface area contributed by atoms with Gasteiger partial charge in [-0.15, -0.1) is 11.3 Å². The number of thiophene rings is 1. The molecule has 0 amide bonds. The van der Waals surface area contributed by atoms with Gasteiger partial charge in [0.1, 0.15) is 12.1 Å². The maximum absolute atomic E-state index is 13.2. The van der Waals surface area contributed by atoms with Crippen LogP contribution in [-0.2, 0) is 10.3 Å². The van der Waals surface area contributed by atoms with Crippen LogP contribution in [0.3, 0.4) is 0 Å². The first kappa shape index (κ1) is 20.4. The molecule has 7 heteroatoms. The average Bonchev–Trinajstić information content (AvgIpc) is 3.29. The summed E-state index contributed by atoms with van der Waals surface area (Å²) in [4.78, 5) is 22.4. The molecule has 3 N–H and O–H groups in total. The van der Waals surface area contributed by atoms with Crippen LogP contribution in [0.5, 0.6) is 0 Å². The second-order valence-electron chi connectivity index (χ2n) is 8.15. The number of nitrogens with zero attached hydrogens (tertiary/aromatic N) is 2. The molecule has 3 heterocycles. The van der Waals surface area contributed by atoms with Crippen molar-refractivity contribution in [2.24, 2.45) is 17.6 Å². The van der Waals surface area contributed by atoms with Crippen molar-refractivity contribution >= 4 is 22.9 Å². The Labute approximate surface area is 176 Å². The second kappa shape index (κ2) is 8.90. The van der Waals surface area contributed by atoms with E-state index in [0.717, 1.165) is 43.7 Å². The molecule has 1 saturated heterocycles. The van der Waals surface area contributed by atoms with Crippen molar-refractivity contribution in [1.29, 1.82) is 0 Å². The average molecular weight is 415 g/mol. The number of aromatic nitrogens is 2. The number of rotatable bonds is 10. The molecule has 1 aliphatic carbocycles. The molecule has 0 aromatic carbocycles. The van der Waals surface area contributed by atoms with Gasteiger partial charge in [-0.2, -0.15) is 0 Å². The van der Waals surface area contributed by atoms with Gasteiger partial charge >= 0.3 is 0 Å². The minimum Gasteiger partial charge on any atom is -0.370 e. The first-order chi connectivity index (χ1) is 14.2. The molecular weight excluding hydrogens is 384 g/mol. The smallest absolute Gasteiger partial charge is 0.208 e. The maximum Gasteiger partial charge on any atom is 0.208 e. The predicted molar refractivity (Wildman–Crippen MR) is 115 cm³/mol. The number of hydrogen-bond acceptors (Lipinski definition) is 7. The number of carbonyl (C=O) groups excluding carboxylic acids is 1. The van der Waals surface area contributed by atoms with Crippen LogP contribution in [0.4, 0.5) is 5.82 Å². The van der Waals surface area contributed by atoms with E-state index < -0.39 is 0 Å². The van der Waals surface area contributed by atoms with Gasteiger partial charge in [0.15, 0.2) is 0 Å². The van der Waals surface area contributed by atoms with E-state index in [4.69, 9.17) is 10.5 Å². The summed E-state index contributed by atoms with van der Waals surface area (Å²) in [6.45, 7) is 4.38. The summed E-state index contributed by atoms with van der Waals surface area (Å²) in [6, 6.07) is 2.04. The second-order valence-corrected chi connectivity index (χ2v) is 9.07. The van der Waals surface area contributed by atoms with Crippen molar-refractivity contribution < 1.29 is 9.53 Å². The zero-order chi connectivity index (χ0) is 20.3. The summed E-state index contributed by atoms with van der Waals surface area (Å²) in [5.41, 5.74) is 7.32. The van der Waals surface area contributed by atoms with Gasteiger partial charge in [0, 0.05) is 19.3 Å². The van der Waals surface area contributed by atoms with E-state index in [9.17, 15) is 4.79 Å². The molecular formula is C22H30N4O2S. The maximum atomic E-state index is 13.2. The number of nitrogens with two attached hydrogens (primary N) is 1. The summed E-state index contributed by atoms with van der Waals surface area (Å²) in [5, 5.41) is 5.43. The van der Waals surface area contributed by atoms with Gasteiger partial charge in [-0.1, -0.05) is 13.3 Å². The molecule has 156 valence electrons. The standard InChI is InChI=1S/C22H30N4O2S/c1-2-15(11-23)6-8-25-21-18(12-24-14-26-21)20(27)19-10-17(13-29-19)22(16-4-5-16)7-3-9-28-22/h10,12-16H,2-9,11,23H2,1H3,(H,24,25,26). The van der Waals surface area contributed by atoms with Crippen molar-refractivity contribution in [1.82, 2.24) is 9.97 Å². The molecule has 1 saturated carbocycles. The minimum atomic E-state index is -0.166. The number of nitrogens with one attached hydrogen (secondary N) is 1. The molecule has 2 aromatic rings. The molecule has 4 rings (SSSR count). The lowest BCUT2D eigenvalue weighted by atomic mass is 9.87. The molecule has 0 spiro atoms. The minimum absolute atomic E-state index is 0.0286. The monoisotopic (exact) mass is 414 g/mol. The molecule has 6 nitrogen and oxygen atoms in total. The molecule has 2 fully saturated rings. The van der Waals surface area contributed by atoms with Crippen molar-refractivity contribution in [3.63, 3.8) is 0 Å². The summed E-state index contributed by atoms with van der Waals surface area (Å²) >= 11 is 1.50. The fraction of sp³-hybridized carbons (Fsp3) is 0.591. The molecule has 2 atom stereocenters. The van der Waals surface area contributed by atoms with Gasteiger partial charge in [-0.05, 0) is 67.5 Å². The van der Waals surface area contributed by atoms with Crippen molar-refractivity contribution in [3.05, 3.63) is 40.0 Å². The van der Waals surface area contributed by atoms with E-state index in [-0.39, 0.29) is 11.4 Å². The Kier molecular flexibility index (Phi) is 6.27. The molecule has 29 heavy (non-hydrogen) atoms. The Morgan fingerprint density at radius 3 is 3.03 bits per heavy atom. The topological polar surface area (TPSA) is 90.1 Å². The number of ketones is 1. The van der Waals surface area contributed by atoms with Crippen LogP contribution in [-0.4, -0.2) is 35.4 Å². The lowest BCUT2D eigenvalue weighted by Gasteiger charge is -2.27. The van der Waals surface area contributed by atoms with E-state index in [2.05, 4.69) is 27.6 Å². The van der Waals surface area contributed by atoms with Crippen LogP contribution in [0.15, 0.2) is 24.0 Å². The van der Waals surface area contributed by atoms with Gasteiger partial charge in [0.05, 0.1) is 16.0 Å². The highest BCUT2D eigenvalue weighted by atomic mass is 32.1. The highest BCUT2D eigenvalue weighted by molar-refractivity contribution is 7.12. The summed E-state index contributed by atoms with van der Waals surface area (Å²) in [6.07, 6.45) is 9.70. The van der Waals surface area contributed by atoms with Crippen molar-refractivity contribution in [2.45, 2.75) is 51.0 Å². The highest BCUT2D eigenvalue weighted by Crippen LogP contribution is 2.54. The molecule has 2 unspecified atom stereocenters. The number of carbonyl (C=O) groups is 1. The van der Waals surface area contributed by atoms with E-state index in [1.54, 1.807) is 6.20 Å². The third-order valence-corrected chi connectivity index (χ3v) is 7.24. The van der Waals surface area contributed by atoms with Crippen LogP contribution in [0.1, 0.15) is 66.2 Å². The molecule has 1 aliphatic heterocycles. The van der Waals surface area contributed by atoms with Gasteiger partial charge in [0.25, 0.3) is 0 Å². The van der Waals surface area contributed by atoms with E-state index >= 15 is 0 Å². The molecule has 2 aromatic heterocycles. The first-order valence-corrected chi connectivity index (χ1v) is 11.6. The van der Waals surface area contributed by atoms with Crippen LogP contribution in [0.25, 0.3) is 0 Å². The van der Waals surface area contributed by atoms with Gasteiger partial charge in [0.2, 0.25) is 5.78 Å². The lowest BCUT2D eigenvalue weighted by molar-refractivity contribution is -0.0190. The lowest BCUT2D eigenvalue weighted by Crippen LogP contribution is -2.26. The van der Waals surface area contributed by atoms with Crippen molar-refractivity contribution in [2.75, 3.05) is 25.0 Å². The third-order valence-electron chi connectivity index (χ3n) is 6.31. The largest absolute Gasteiger partial charge is 0.370 e. The quantitative estimate of drug-likeness (QED) is 0.572. The number of ether oxygens (including phenoxy) is 1. The summed E-state index contributed by atoms with van der Waals surface area (Å²) < 4.78 is 6.22. The summed E-state index contributed by atoms with van der Waals surface area (Å²) in [7, 11) is 0. The van der Waals surface area contributed by atoms with Crippen LogP contribution in [0, 0.1) is 11.8 Å². The fourth-order valence-corrected chi connectivity index (χ4v) is 5.26.